The highest BCUT2D eigenvalue weighted by atomic mass is 79.9. The highest BCUT2D eigenvalue weighted by molar-refractivity contribution is 9.10. The first-order valence-electron chi connectivity index (χ1n) is 2.63. The quantitative estimate of drug-likeness (QED) is 0.347. The van der Waals surface area contributed by atoms with Gasteiger partial charge in [-0.15, -0.1) is 11.3 Å². The van der Waals surface area contributed by atoms with Gasteiger partial charge in [0, 0.05) is 4.47 Å². The van der Waals surface area contributed by atoms with E-state index in [0.717, 1.165) is 9.35 Å². The molecule has 1 aromatic rings. The summed E-state index contributed by atoms with van der Waals surface area (Å²) in [6, 6.07) is 1.78. The van der Waals surface area contributed by atoms with E-state index in [1.165, 1.54) is 11.3 Å². The van der Waals surface area contributed by atoms with Gasteiger partial charge in [0.25, 0.3) is 0 Å². The third-order valence-corrected chi connectivity index (χ3v) is 3.53. The standard InChI is InChI=1S/C5H5BrClN3S/c6-2-1-3(5(8)10-9)11-4(2)7/h1H,9H2,(H2,8,10). The maximum absolute atomic E-state index is 5.75. The van der Waals surface area contributed by atoms with Crippen LogP contribution in [0.1, 0.15) is 4.88 Å². The van der Waals surface area contributed by atoms with Gasteiger partial charge in [-0.1, -0.05) is 11.6 Å². The molecule has 0 saturated carbocycles. The van der Waals surface area contributed by atoms with E-state index >= 15 is 0 Å². The van der Waals surface area contributed by atoms with Gasteiger partial charge in [0.1, 0.15) is 4.34 Å². The van der Waals surface area contributed by atoms with E-state index in [4.69, 9.17) is 23.2 Å². The van der Waals surface area contributed by atoms with Crippen molar-refractivity contribution in [1.29, 1.82) is 0 Å². The number of nitrogens with zero attached hydrogens (tertiary/aromatic N) is 1. The number of thiophene rings is 1. The van der Waals surface area contributed by atoms with Crippen molar-refractivity contribution in [2.24, 2.45) is 16.7 Å². The van der Waals surface area contributed by atoms with Crippen molar-refractivity contribution in [2.75, 3.05) is 0 Å². The Morgan fingerprint density at radius 3 is 2.73 bits per heavy atom. The molecule has 1 rings (SSSR count). The van der Waals surface area contributed by atoms with Gasteiger partial charge in [-0.3, -0.25) is 0 Å². The van der Waals surface area contributed by atoms with E-state index in [-0.39, 0.29) is 0 Å². The van der Waals surface area contributed by atoms with Crippen molar-refractivity contribution in [1.82, 2.24) is 0 Å². The van der Waals surface area contributed by atoms with Gasteiger partial charge in [-0.05, 0) is 22.0 Å². The molecule has 0 aromatic carbocycles. The van der Waals surface area contributed by atoms with Gasteiger partial charge in [0.2, 0.25) is 0 Å². The zero-order chi connectivity index (χ0) is 8.43. The summed E-state index contributed by atoms with van der Waals surface area (Å²) in [6.45, 7) is 0. The van der Waals surface area contributed by atoms with Crippen LogP contribution in [0.5, 0.6) is 0 Å². The van der Waals surface area contributed by atoms with Gasteiger partial charge >= 0.3 is 0 Å². The van der Waals surface area contributed by atoms with E-state index in [9.17, 15) is 0 Å². The first-order chi connectivity index (χ1) is 5.15. The van der Waals surface area contributed by atoms with Crippen LogP contribution in [0.2, 0.25) is 4.34 Å². The molecule has 0 radical (unpaired) electrons. The lowest BCUT2D eigenvalue weighted by Crippen LogP contribution is -2.13. The summed E-state index contributed by atoms with van der Waals surface area (Å²) >= 11 is 10.3. The molecule has 0 spiro atoms. The molecule has 0 amide bonds. The second-order valence-electron chi connectivity index (χ2n) is 1.75. The lowest BCUT2D eigenvalue weighted by Gasteiger charge is -1.89. The van der Waals surface area contributed by atoms with Crippen LogP contribution in [0.4, 0.5) is 0 Å². The first kappa shape index (κ1) is 8.83. The molecule has 0 aliphatic heterocycles. The predicted molar refractivity (Wildman–Crippen MR) is 51.9 cm³/mol. The summed E-state index contributed by atoms with van der Waals surface area (Å²) in [5, 5.41) is 3.34. The number of hydrogen-bond donors (Lipinski definition) is 2. The Kier molecular flexibility index (Phi) is 2.75. The fourth-order valence-electron chi connectivity index (χ4n) is 0.536. The van der Waals surface area contributed by atoms with Gasteiger partial charge in [0.15, 0.2) is 5.84 Å². The lowest BCUT2D eigenvalue weighted by molar-refractivity contribution is 1.23. The second-order valence-corrected chi connectivity index (χ2v) is 4.26. The highest BCUT2D eigenvalue weighted by Crippen LogP contribution is 2.31. The Balaban J connectivity index is 3.07. The molecular formula is C5H5BrClN3S. The van der Waals surface area contributed by atoms with Crippen LogP contribution in [-0.2, 0) is 0 Å². The molecule has 3 nitrogen and oxygen atoms in total. The number of halogens is 2. The Labute approximate surface area is 81.2 Å². The molecule has 0 aliphatic rings. The van der Waals surface area contributed by atoms with Crippen molar-refractivity contribution >= 4 is 44.7 Å². The third kappa shape index (κ3) is 1.85. The fraction of sp³-hybridized carbons (Fsp3) is 0. The Morgan fingerprint density at radius 2 is 2.36 bits per heavy atom. The summed E-state index contributed by atoms with van der Waals surface area (Å²) in [6.07, 6.45) is 0. The van der Waals surface area contributed by atoms with Crippen LogP contribution >= 0.6 is 38.9 Å². The monoisotopic (exact) mass is 253 g/mol. The number of hydrogen-bond acceptors (Lipinski definition) is 3. The molecular weight excluding hydrogens is 250 g/mol. The van der Waals surface area contributed by atoms with Crippen molar-refractivity contribution in [3.63, 3.8) is 0 Å². The van der Waals surface area contributed by atoms with Crippen LogP contribution in [0.15, 0.2) is 15.6 Å². The van der Waals surface area contributed by atoms with E-state index in [1.54, 1.807) is 6.07 Å². The average molecular weight is 255 g/mol. The zero-order valence-corrected chi connectivity index (χ0v) is 8.50. The van der Waals surface area contributed by atoms with Crippen molar-refractivity contribution in [3.05, 3.63) is 19.8 Å². The molecule has 1 heterocycles. The number of nitrogens with two attached hydrogens (primary N) is 2. The normalized spacial score (nSPS) is 12.0. The zero-order valence-electron chi connectivity index (χ0n) is 5.34. The Bertz CT molecular complexity index is 276. The summed E-state index contributed by atoms with van der Waals surface area (Å²) in [4.78, 5) is 0.768. The number of hydrazone groups is 1. The largest absolute Gasteiger partial charge is 0.381 e. The molecule has 1 aromatic heterocycles. The molecule has 0 bridgehead atoms. The molecule has 0 saturated heterocycles. The molecule has 0 atom stereocenters. The van der Waals surface area contributed by atoms with E-state index in [0.29, 0.717) is 10.2 Å². The van der Waals surface area contributed by atoms with Crippen molar-refractivity contribution in [3.8, 4) is 0 Å². The third-order valence-electron chi connectivity index (χ3n) is 1.04. The minimum atomic E-state index is 0.294. The van der Waals surface area contributed by atoms with Crippen molar-refractivity contribution < 1.29 is 0 Å². The minimum Gasteiger partial charge on any atom is -0.381 e. The Hall–Kier alpha value is -0.260. The SMILES string of the molecule is NN=C(N)c1cc(Br)c(Cl)s1. The molecule has 4 N–H and O–H groups in total. The van der Waals surface area contributed by atoms with E-state index < -0.39 is 0 Å². The fourth-order valence-corrected chi connectivity index (χ4v) is 2.15. The van der Waals surface area contributed by atoms with Gasteiger partial charge < -0.3 is 11.6 Å². The first-order valence-corrected chi connectivity index (χ1v) is 4.62. The summed E-state index contributed by atoms with van der Waals surface area (Å²) < 4.78 is 1.46. The summed E-state index contributed by atoms with van der Waals surface area (Å²) in [5.41, 5.74) is 5.43. The lowest BCUT2D eigenvalue weighted by atomic mass is 10.4. The summed E-state index contributed by atoms with van der Waals surface area (Å²) in [5.74, 6) is 5.27. The van der Waals surface area contributed by atoms with E-state index in [2.05, 4.69) is 21.0 Å². The Morgan fingerprint density at radius 1 is 1.73 bits per heavy atom. The van der Waals surface area contributed by atoms with Gasteiger partial charge in [-0.25, -0.2) is 0 Å². The minimum absolute atomic E-state index is 0.294. The van der Waals surface area contributed by atoms with Gasteiger partial charge in [0.05, 0.1) is 4.88 Å². The summed E-state index contributed by atoms with van der Waals surface area (Å²) in [7, 11) is 0. The molecule has 60 valence electrons. The smallest absolute Gasteiger partial charge is 0.160 e. The average Bonchev–Trinajstić information content (AvgIpc) is 2.31. The maximum atomic E-state index is 5.75. The topological polar surface area (TPSA) is 64.4 Å². The van der Waals surface area contributed by atoms with Crippen LogP contribution in [0, 0.1) is 0 Å². The van der Waals surface area contributed by atoms with Crippen LogP contribution in [-0.4, -0.2) is 5.84 Å². The molecule has 11 heavy (non-hydrogen) atoms. The number of amidine groups is 1. The van der Waals surface area contributed by atoms with Crippen LogP contribution in [0.25, 0.3) is 0 Å². The van der Waals surface area contributed by atoms with Crippen molar-refractivity contribution in [2.45, 2.75) is 0 Å². The molecule has 0 unspecified atom stereocenters. The molecule has 0 fully saturated rings. The van der Waals surface area contributed by atoms with Gasteiger partial charge in [-0.2, -0.15) is 5.10 Å². The van der Waals surface area contributed by atoms with Crippen LogP contribution < -0.4 is 11.6 Å². The number of rotatable bonds is 1. The highest BCUT2D eigenvalue weighted by Gasteiger charge is 2.06. The maximum Gasteiger partial charge on any atom is 0.160 e. The van der Waals surface area contributed by atoms with Crippen LogP contribution in [0.3, 0.4) is 0 Å². The molecule has 0 aliphatic carbocycles. The second kappa shape index (κ2) is 3.42. The van der Waals surface area contributed by atoms with E-state index in [1.807, 2.05) is 0 Å². The predicted octanol–water partition coefficient (Wildman–Crippen LogP) is 1.74. The molecule has 6 heteroatoms.